The number of aliphatic hydroxyl groups is 1. The number of nitrogens with zero attached hydrogens (tertiary/aromatic N) is 1. The van der Waals surface area contributed by atoms with Crippen molar-refractivity contribution in [3.05, 3.63) is 29.8 Å². The highest BCUT2D eigenvalue weighted by molar-refractivity contribution is 5.53. The van der Waals surface area contributed by atoms with Crippen LogP contribution >= 0.6 is 0 Å². The van der Waals surface area contributed by atoms with Crippen LogP contribution in [0.4, 0.5) is 5.69 Å². The number of benzene rings is 1. The van der Waals surface area contributed by atoms with Gasteiger partial charge in [-0.05, 0) is 38.8 Å². The van der Waals surface area contributed by atoms with Crippen LogP contribution in [-0.4, -0.2) is 30.3 Å². The third-order valence-electron chi connectivity index (χ3n) is 3.00. The van der Waals surface area contributed by atoms with Crippen molar-refractivity contribution in [1.82, 2.24) is 5.32 Å². The first-order valence-electron chi connectivity index (χ1n) is 7.16. The number of hydrogen-bond donors (Lipinski definition) is 2. The number of para-hydroxylation sites is 1. The zero-order valence-corrected chi connectivity index (χ0v) is 12.7. The number of anilines is 1. The van der Waals surface area contributed by atoms with Gasteiger partial charge >= 0.3 is 0 Å². The number of rotatable bonds is 7. The fourth-order valence-corrected chi connectivity index (χ4v) is 2.07. The van der Waals surface area contributed by atoms with Crippen LogP contribution in [0.5, 0.6) is 0 Å². The Bertz CT molecular complexity index is 365. The van der Waals surface area contributed by atoms with Crippen molar-refractivity contribution in [2.24, 2.45) is 0 Å². The minimum Gasteiger partial charge on any atom is -0.395 e. The lowest BCUT2D eigenvalue weighted by molar-refractivity contribution is 0.301. The maximum Gasteiger partial charge on any atom is 0.0606 e. The SMILES string of the molecule is CCCN(CCO)c1ccccc1CNC(C)(C)C. The summed E-state index contributed by atoms with van der Waals surface area (Å²) in [6, 6.07) is 8.45. The topological polar surface area (TPSA) is 35.5 Å². The second-order valence-electron chi connectivity index (χ2n) is 5.94. The van der Waals surface area contributed by atoms with E-state index >= 15 is 0 Å². The summed E-state index contributed by atoms with van der Waals surface area (Å²) in [5, 5.41) is 12.7. The molecule has 0 aliphatic rings. The van der Waals surface area contributed by atoms with Crippen molar-refractivity contribution < 1.29 is 5.11 Å². The fourth-order valence-electron chi connectivity index (χ4n) is 2.07. The first kappa shape index (κ1) is 16.0. The van der Waals surface area contributed by atoms with Gasteiger partial charge in [-0.2, -0.15) is 0 Å². The molecule has 1 aromatic carbocycles. The molecule has 0 aromatic heterocycles. The van der Waals surface area contributed by atoms with Gasteiger partial charge in [0, 0.05) is 30.9 Å². The van der Waals surface area contributed by atoms with Crippen molar-refractivity contribution in [2.45, 2.75) is 46.2 Å². The van der Waals surface area contributed by atoms with Crippen LogP contribution in [0.1, 0.15) is 39.7 Å². The van der Waals surface area contributed by atoms with Crippen molar-refractivity contribution >= 4 is 5.69 Å². The van der Waals surface area contributed by atoms with Crippen LogP contribution < -0.4 is 10.2 Å². The van der Waals surface area contributed by atoms with Gasteiger partial charge in [0.25, 0.3) is 0 Å². The van der Waals surface area contributed by atoms with E-state index in [9.17, 15) is 5.11 Å². The molecule has 0 radical (unpaired) electrons. The molecule has 1 rings (SSSR count). The largest absolute Gasteiger partial charge is 0.395 e. The predicted octanol–water partition coefficient (Wildman–Crippen LogP) is 2.78. The summed E-state index contributed by atoms with van der Waals surface area (Å²) in [5.41, 5.74) is 2.63. The van der Waals surface area contributed by atoms with Crippen LogP contribution in [0, 0.1) is 0 Å². The van der Waals surface area contributed by atoms with Gasteiger partial charge in [0.1, 0.15) is 0 Å². The maximum absolute atomic E-state index is 9.22. The van der Waals surface area contributed by atoms with E-state index in [0.717, 1.165) is 19.5 Å². The van der Waals surface area contributed by atoms with E-state index in [4.69, 9.17) is 0 Å². The lowest BCUT2D eigenvalue weighted by atomic mass is 10.1. The maximum atomic E-state index is 9.22. The summed E-state index contributed by atoms with van der Waals surface area (Å²) in [6.07, 6.45) is 1.08. The van der Waals surface area contributed by atoms with Gasteiger partial charge in [0.15, 0.2) is 0 Å². The van der Waals surface area contributed by atoms with Crippen molar-refractivity contribution in [2.75, 3.05) is 24.6 Å². The molecule has 2 N–H and O–H groups in total. The predicted molar refractivity (Wildman–Crippen MR) is 82.6 cm³/mol. The zero-order chi connectivity index (χ0) is 14.3. The van der Waals surface area contributed by atoms with Gasteiger partial charge in [0.05, 0.1) is 6.61 Å². The van der Waals surface area contributed by atoms with Gasteiger partial charge in [-0.1, -0.05) is 25.1 Å². The molecular formula is C16H28N2O. The highest BCUT2D eigenvalue weighted by Crippen LogP contribution is 2.21. The summed E-state index contributed by atoms with van der Waals surface area (Å²) in [5.74, 6) is 0. The van der Waals surface area contributed by atoms with E-state index in [1.54, 1.807) is 0 Å². The molecular weight excluding hydrogens is 236 g/mol. The molecule has 0 aliphatic carbocycles. The van der Waals surface area contributed by atoms with Crippen LogP contribution in [0.2, 0.25) is 0 Å². The van der Waals surface area contributed by atoms with Crippen LogP contribution in [0.25, 0.3) is 0 Å². The van der Waals surface area contributed by atoms with Gasteiger partial charge in [-0.25, -0.2) is 0 Å². The van der Waals surface area contributed by atoms with Gasteiger partial charge < -0.3 is 15.3 Å². The van der Waals surface area contributed by atoms with Gasteiger partial charge in [0.2, 0.25) is 0 Å². The van der Waals surface area contributed by atoms with E-state index in [2.05, 4.69) is 62.2 Å². The van der Waals surface area contributed by atoms with Crippen molar-refractivity contribution in [3.63, 3.8) is 0 Å². The summed E-state index contributed by atoms with van der Waals surface area (Å²) in [6.45, 7) is 11.4. The van der Waals surface area contributed by atoms with E-state index in [0.29, 0.717) is 6.54 Å². The van der Waals surface area contributed by atoms with Gasteiger partial charge in [-0.15, -0.1) is 0 Å². The lowest BCUT2D eigenvalue weighted by Gasteiger charge is -2.28. The molecule has 1 aromatic rings. The summed E-state index contributed by atoms with van der Waals surface area (Å²) in [7, 11) is 0. The number of aliphatic hydroxyl groups excluding tert-OH is 1. The van der Waals surface area contributed by atoms with E-state index in [-0.39, 0.29) is 12.1 Å². The molecule has 3 nitrogen and oxygen atoms in total. The van der Waals surface area contributed by atoms with Crippen LogP contribution in [-0.2, 0) is 6.54 Å². The van der Waals surface area contributed by atoms with Gasteiger partial charge in [-0.3, -0.25) is 0 Å². The van der Waals surface area contributed by atoms with Crippen molar-refractivity contribution in [3.8, 4) is 0 Å². The van der Waals surface area contributed by atoms with E-state index in [1.807, 2.05) is 0 Å². The summed E-state index contributed by atoms with van der Waals surface area (Å²) >= 11 is 0. The molecule has 0 aliphatic heterocycles. The Balaban J connectivity index is 2.86. The molecule has 3 heteroatoms. The minimum atomic E-state index is 0.111. The Labute approximate surface area is 117 Å². The Morgan fingerprint density at radius 3 is 2.42 bits per heavy atom. The zero-order valence-electron chi connectivity index (χ0n) is 12.7. The molecule has 0 saturated carbocycles. The highest BCUT2D eigenvalue weighted by atomic mass is 16.3. The van der Waals surface area contributed by atoms with E-state index < -0.39 is 0 Å². The summed E-state index contributed by atoms with van der Waals surface area (Å²) in [4.78, 5) is 2.26. The Morgan fingerprint density at radius 1 is 1.16 bits per heavy atom. The standard InChI is InChI=1S/C16H28N2O/c1-5-10-18(11-12-19)15-9-7-6-8-14(15)13-17-16(2,3)4/h6-9,17,19H,5,10-13H2,1-4H3. The monoisotopic (exact) mass is 264 g/mol. The molecule has 0 spiro atoms. The van der Waals surface area contributed by atoms with Crippen molar-refractivity contribution in [1.29, 1.82) is 0 Å². The molecule has 0 bridgehead atoms. The lowest BCUT2D eigenvalue weighted by Crippen LogP contribution is -2.36. The number of hydrogen-bond acceptors (Lipinski definition) is 3. The van der Waals surface area contributed by atoms with E-state index in [1.165, 1.54) is 11.3 Å². The Kier molecular flexibility index (Phi) is 6.32. The molecule has 0 saturated heterocycles. The second kappa shape index (κ2) is 7.51. The molecule has 0 unspecified atom stereocenters. The second-order valence-corrected chi connectivity index (χ2v) is 5.94. The fraction of sp³-hybridized carbons (Fsp3) is 0.625. The molecule has 0 amide bonds. The normalized spacial score (nSPS) is 11.6. The number of nitrogens with one attached hydrogen (secondary N) is 1. The first-order chi connectivity index (χ1) is 8.98. The minimum absolute atomic E-state index is 0.111. The average molecular weight is 264 g/mol. The molecule has 19 heavy (non-hydrogen) atoms. The Morgan fingerprint density at radius 2 is 1.84 bits per heavy atom. The smallest absolute Gasteiger partial charge is 0.0606 e. The molecule has 0 heterocycles. The van der Waals surface area contributed by atoms with Crippen LogP contribution in [0.3, 0.4) is 0 Å². The first-order valence-corrected chi connectivity index (χ1v) is 7.16. The molecule has 108 valence electrons. The molecule has 0 atom stereocenters. The summed E-state index contributed by atoms with van der Waals surface area (Å²) < 4.78 is 0. The Hall–Kier alpha value is -1.06. The average Bonchev–Trinajstić information content (AvgIpc) is 2.36. The highest BCUT2D eigenvalue weighted by Gasteiger charge is 2.13. The third-order valence-corrected chi connectivity index (χ3v) is 3.00. The third kappa shape index (κ3) is 5.62. The van der Waals surface area contributed by atoms with Crippen LogP contribution in [0.15, 0.2) is 24.3 Å². The molecule has 0 fully saturated rings. The quantitative estimate of drug-likeness (QED) is 0.795.